The molecular formula is C9H11F3N2O. The Kier molecular flexibility index (Phi) is 4.05. The lowest BCUT2D eigenvalue weighted by atomic mass is 10.1. The fourth-order valence-corrected chi connectivity index (χ4v) is 0.993. The molecule has 0 radical (unpaired) electrons. The summed E-state index contributed by atoms with van der Waals surface area (Å²) in [5.41, 5.74) is 6.24. The molecule has 1 atom stereocenters. The molecule has 3 nitrogen and oxygen atoms in total. The van der Waals surface area contributed by atoms with Gasteiger partial charge in [0.1, 0.15) is 6.61 Å². The van der Waals surface area contributed by atoms with Crippen molar-refractivity contribution < 1.29 is 17.9 Å². The summed E-state index contributed by atoms with van der Waals surface area (Å²) in [6.45, 7) is -1.45. The zero-order valence-electron chi connectivity index (χ0n) is 7.87. The van der Waals surface area contributed by atoms with Crippen molar-refractivity contribution in [3.05, 3.63) is 30.1 Å². The molecule has 0 saturated heterocycles. The second kappa shape index (κ2) is 5.09. The van der Waals surface area contributed by atoms with Crippen LogP contribution < -0.4 is 5.73 Å². The Labute approximate surface area is 85.1 Å². The van der Waals surface area contributed by atoms with E-state index >= 15 is 0 Å². The van der Waals surface area contributed by atoms with Gasteiger partial charge in [-0.25, -0.2) is 0 Å². The van der Waals surface area contributed by atoms with Gasteiger partial charge in [-0.3, -0.25) is 4.98 Å². The molecule has 0 bridgehead atoms. The van der Waals surface area contributed by atoms with Crippen molar-refractivity contribution in [2.24, 2.45) is 5.73 Å². The van der Waals surface area contributed by atoms with Crippen LogP contribution in [-0.2, 0) is 4.74 Å². The summed E-state index contributed by atoms with van der Waals surface area (Å²) >= 11 is 0. The van der Waals surface area contributed by atoms with Crippen LogP contribution in [0.25, 0.3) is 0 Å². The van der Waals surface area contributed by atoms with Crippen molar-refractivity contribution in [3.63, 3.8) is 0 Å². The third kappa shape index (κ3) is 4.75. The third-order valence-electron chi connectivity index (χ3n) is 1.68. The average molecular weight is 220 g/mol. The fourth-order valence-electron chi connectivity index (χ4n) is 0.993. The van der Waals surface area contributed by atoms with Crippen molar-refractivity contribution in [3.8, 4) is 0 Å². The molecular weight excluding hydrogens is 209 g/mol. The molecule has 1 unspecified atom stereocenters. The quantitative estimate of drug-likeness (QED) is 0.839. The van der Waals surface area contributed by atoms with Gasteiger partial charge >= 0.3 is 6.18 Å². The van der Waals surface area contributed by atoms with E-state index in [0.717, 1.165) is 0 Å². The number of alkyl halides is 3. The lowest BCUT2D eigenvalue weighted by Crippen LogP contribution is -2.23. The van der Waals surface area contributed by atoms with Gasteiger partial charge in [-0.2, -0.15) is 13.2 Å². The van der Waals surface area contributed by atoms with Crippen molar-refractivity contribution in [2.45, 2.75) is 12.2 Å². The van der Waals surface area contributed by atoms with Crippen LogP contribution in [0.1, 0.15) is 11.6 Å². The number of ether oxygens (including phenoxy) is 1. The number of hydrogen-bond acceptors (Lipinski definition) is 3. The Morgan fingerprint density at radius 2 is 2.20 bits per heavy atom. The highest BCUT2D eigenvalue weighted by Gasteiger charge is 2.27. The minimum atomic E-state index is -4.31. The summed E-state index contributed by atoms with van der Waals surface area (Å²) in [6, 6.07) is 2.77. The highest BCUT2D eigenvalue weighted by atomic mass is 19.4. The number of pyridine rings is 1. The normalized spacial score (nSPS) is 13.9. The Morgan fingerprint density at radius 3 is 2.73 bits per heavy atom. The summed E-state index contributed by atoms with van der Waals surface area (Å²) in [4.78, 5) is 3.80. The lowest BCUT2D eigenvalue weighted by Gasteiger charge is -2.13. The zero-order valence-corrected chi connectivity index (χ0v) is 7.87. The van der Waals surface area contributed by atoms with Gasteiger partial charge in [0.15, 0.2) is 0 Å². The number of hydrogen-bond donors (Lipinski definition) is 1. The van der Waals surface area contributed by atoms with E-state index in [9.17, 15) is 13.2 Å². The summed E-state index contributed by atoms with van der Waals surface area (Å²) in [5.74, 6) is 0. The van der Waals surface area contributed by atoms with E-state index in [0.29, 0.717) is 5.56 Å². The number of rotatable bonds is 4. The minimum Gasteiger partial charge on any atom is -0.370 e. The van der Waals surface area contributed by atoms with E-state index in [1.54, 1.807) is 18.3 Å². The van der Waals surface area contributed by atoms with Crippen molar-refractivity contribution in [1.29, 1.82) is 0 Å². The van der Waals surface area contributed by atoms with Crippen LogP contribution in [0, 0.1) is 0 Å². The molecule has 2 N–H and O–H groups in total. The second-order valence-corrected chi connectivity index (χ2v) is 3.02. The van der Waals surface area contributed by atoms with E-state index in [1.165, 1.54) is 6.20 Å². The van der Waals surface area contributed by atoms with Crippen LogP contribution >= 0.6 is 0 Å². The first-order chi connectivity index (χ1) is 6.99. The SMILES string of the molecule is NC(COCC(F)(F)F)c1cccnc1. The van der Waals surface area contributed by atoms with E-state index in [-0.39, 0.29) is 6.61 Å². The summed E-state index contributed by atoms with van der Waals surface area (Å²) < 4.78 is 39.6. The first-order valence-electron chi connectivity index (χ1n) is 4.29. The standard InChI is InChI=1S/C9H11F3N2O/c10-9(11,12)6-15-5-8(13)7-2-1-3-14-4-7/h1-4,8H,5-6,13H2. The largest absolute Gasteiger partial charge is 0.411 e. The Hall–Kier alpha value is -1.14. The molecule has 1 heterocycles. The van der Waals surface area contributed by atoms with Gasteiger partial charge in [-0.05, 0) is 11.6 Å². The molecule has 15 heavy (non-hydrogen) atoms. The molecule has 1 aromatic rings. The van der Waals surface area contributed by atoms with E-state index in [1.807, 2.05) is 0 Å². The molecule has 1 rings (SSSR count). The van der Waals surface area contributed by atoms with Crippen molar-refractivity contribution in [1.82, 2.24) is 4.98 Å². The van der Waals surface area contributed by atoms with E-state index in [2.05, 4.69) is 9.72 Å². The third-order valence-corrected chi connectivity index (χ3v) is 1.68. The molecule has 0 aromatic carbocycles. The number of nitrogens with zero attached hydrogens (tertiary/aromatic N) is 1. The summed E-state index contributed by atoms with van der Waals surface area (Å²) in [6.07, 6.45) is -1.25. The maximum absolute atomic E-state index is 11.7. The van der Waals surface area contributed by atoms with Gasteiger partial charge in [0.2, 0.25) is 0 Å². The summed E-state index contributed by atoms with van der Waals surface area (Å²) in [7, 11) is 0. The lowest BCUT2D eigenvalue weighted by molar-refractivity contribution is -0.174. The minimum absolute atomic E-state index is 0.175. The molecule has 0 aliphatic heterocycles. The maximum atomic E-state index is 11.7. The first kappa shape index (κ1) is 11.9. The number of halogens is 3. The Balaban J connectivity index is 2.34. The van der Waals surface area contributed by atoms with Gasteiger partial charge in [-0.15, -0.1) is 0 Å². The number of nitrogens with two attached hydrogens (primary N) is 1. The topological polar surface area (TPSA) is 48.1 Å². The maximum Gasteiger partial charge on any atom is 0.411 e. The molecule has 0 spiro atoms. The van der Waals surface area contributed by atoms with E-state index in [4.69, 9.17) is 5.73 Å². The second-order valence-electron chi connectivity index (χ2n) is 3.02. The molecule has 0 saturated carbocycles. The molecule has 0 fully saturated rings. The zero-order chi connectivity index (χ0) is 11.3. The molecule has 84 valence electrons. The first-order valence-corrected chi connectivity index (χ1v) is 4.29. The molecule has 0 aliphatic rings. The fraction of sp³-hybridized carbons (Fsp3) is 0.444. The van der Waals surface area contributed by atoms with Crippen LogP contribution in [0.2, 0.25) is 0 Å². The van der Waals surface area contributed by atoms with Gasteiger partial charge in [0.25, 0.3) is 0 Å². The summed E-state index contributed by atoms with van der Waals surface area (Å²) in [5, 5.41) is 0. The predicted octanol–water partition coefficient (Wildman–Crippen LogP) is 1.66. The smallest absolute Gasteiger partial charge is 0.370 e. The van der Waals surface area contributed by atoms with Crippen molar-refractivity contribution in [2.75, 3.05) is 13.2 Å². The van der Waals surface area contributed by atoms with Gasteiger partial charge in [-0.1, -0.05) is 6.07 Å². The molecule has 1 aromatic heterocycles. The van der Waals surface area contributed by atoms with Crippen LogP contribution in [0.5, 0.6) is 0 Å². The molecule has 0 amide bonds. The molecule has 6 heteroatoms. The van der Waals surface area contributed by atoms with Crippen LogP contribution in [-0.4, -0.2) is 24.4 Å². The predicted molar refractivity (Wildman–Crippen MR) is 48.0 cm³/mol. The molecule has 0 aliphatic carbocycles. The highest BCUT2D eigenvalue weighted by Crippen LogP contribution is 2.16. The van der Waals surface area contributed by atoms with Gasteiger partial charge in [0, 0.05) is 12.4 Å². The van der Waals surface area contributed by atoms with Gasteiger partial charge in [0.05, 0.1) is 12.6 Å². The highest BCUT2D eigenvalue weighted by molar-refractivity contribution is 5.12. The van der Waals surface area contributed by atoms with Crippen LogP contribution in [0.4, 0.5) is 13.2 Å². The van der Waals surface area contributed by atoms with E-state index < -0.39 is 18.8 Å². The Morgan fingerprint density at radius 1 is 1.47 bits per heavy atom. The van der Waals surface area contributed by atoms with Crippen LogP contribution in [0.15, 0.2) is 24.5 Å². The average Bonchev–Trinajstić information content (AvgIpc) is 2.17. The van der Waals surface area contributed by atoms with Crippen molar-refractivity contribution >= 4 is 0 Å². The Bertz CT molecular complexity index is 289. The number of aromatic nitrogens is 1. The monoisotopic (exact) mass is 220 g/mol. The van der Waals surface area contributed by atoms with Crippen LogP contribution in [0.3, 0.4) is 0 Å². The van der Waals surface area contributed by atoms with Gasteiger partial charge < -0.3 is 10.5 Å².